The van der Waals surface area contributed by atoms with Gasteiger partial charge in [0.15, 0.2) is 0 Å². The van der Waals surface area contributed by atoms with Gasteiger partial charge in [-0.05, 0) is 30.7 Å². The average molecular weight is 390 g/mol. The molecule has 1 saturated heterocycles. The first-order valence-corrected chi connectivity index (χ1v) is 9.74. The summed E-state index contributed by atoms with van der Waals surface area (Å²) in [5, 5.41) is 11.9. The second kappa shape index (κ2) is 7.87. The molecule has 0 aliphatic carbocycles. The van der Waals surface area contributed by atoms with Crippen molar-refractivity contribution in [2.24, 2.45) is 0 Å². The number of benzene rings is 2. The topological polar surface area (TPSA) is 79.6 Å². The van der Waals surface area contributed by atoms with E-state index in [1.54, 1.807) is 0 Å². The summed E-state index contributed by atoms with van der Waals surface area (Å²) < 4.78 is 0. The van der Waals surface area contributed by atoms with Crippen LogP contribution in [0, 0.1) is 10.1 Å². The van der Waals surface area contributed by atoms with Crippen LogP contribution in [0.15, 0.2) is 54.6 Å². The Morgan fingerprint density at radius 1 is 1.07 bits per heavy atom. The van der Waals surface area contributed by atoms with E-state index >= 15 is 0 Å². The molecule has 2 aromatic carbocycles. The summed E-state index contributed by atoms with van der Waals surface area (Å²) in [6.07, 6.45) is 0.871. The summed E-state index contributed by atoms with van der Waals surface area (Å²) in [4.78, 5) is 31.9. The van der Waals surface area contributed by atoms with Crippen molar-refractivity contribution in [3.63, 3.8) is 0 Å². The molecule has 1 aromatic heterocycles. The van der Waals surface area contributed by atoms with E-state index < -0.39 is 4.92 Å². The number of nitro benzene ring substituents is 1. The number of para-hydroxylation sites is 1. The molecular weight excluding hydrogens is 368 g/mol. The molecule has 148 valence electrons. The molecule has 29 heavy (non-hydrogen) atoms. The van der Waals surface area contributed by atoms with E-state index in [1.807, 2.05) is 23.1 Å². The number of rotatable bonds is 4. The van der Waals surface area contributed by atoms with Gasteiger partial charge in [-0.15, -0.1) is 0 Å². The van der Waals surface area contributed by atoms with Crippen molar-refractivity contribution in [1.82, 2.24) is 9.88 Å². The number of nitrogens with zero attached hydrogens (tertiary/aromatic N) is 4. The first-order valence-electron chi connectivity index (χ1n) is 9.74. The van der Waals surface area contributed by atoms with Crippen LogP contribution in [0.3, 0.4) is 0 Å². The minimum atomic E-state index is -0.462. The summed E-state index contributed by atoms with van der Waals surface area (Å²) >= 11 is 0. The van der Waals surface area contributed by atoms with E-state index in [-0.39, 0.29) is 11.6 Å². The highest BCUT2D eigenvalue weighted by molar-refractivity contribution is 5.95. The highest BCUT2D eigenvalue weighted by atomic mass is 16.6. The predicted molar refractivity (Wildman–Crippen MR) is 112 cm³/mol. The minimum absolute atomic E-state index is 0.0114. The maximum absolute atomic E-state index is 12.8. The van der Waals surface area contributed by atoms with Gasteiger partial charge in [0.2, 0.25) is 0 Å². The zero-order valence-corrected chi connectivity index (χ0v) is 16.2. The number of aromatic nitrogens is 1. The standard InChI is InChI=1S/C22H22N4O3/c1-2-17-15-21(19-5-3-4-6-20(19)23-17)24-11-13-25(14-12-24)22(27)16-7-9-18(10-8-16)26(28)29/h3-10,15H,2,11-14H2,1H3. The van der Waals surface area contributed by atoms with Gasteiger partial charge >= 0.3 is 0 Å². The molecule has 2 heterocycles. The third kappa shape index (κ3) is 3.76. The summed E-state index contributed by atoms with van der Waals surface area (Å²) in [6.45, 7) is 4.77. The Morgan fingerprint density at radius 3 is 2.41 bits per heavy atom. The van der Waals surface area contributed by atoms with Gasteiger partial charge in [-0.25, -0.2) is 0 Å². The fourth-order valence-corrected chi connectivity index (χ4v) is 3.71. The van der Waals surface area contributed by atoms with Crippen LogP contribution in [0.4, 0.5) is 11.4 Å². The molecule has 3 aromatic rings. The SMILES string of the molecule is CCc1cc(N2CCN(C(=O)c3ccc([N+](=O)[O-])cc3)CC2)c2ccccc2n1. The second-order valence-corrected chi connectivity index (χ2v) is 7.09. The number of hydrogen-bond donors (Lipinski definition) is 0. The van der Waals surface area contributed by atoms with Crippen molar-refractivity contribution in [3.05, 3.63) is 76.0 Å². The molecular formula is C22H22N4O3. The minimum Gasteiger partial charge on any atom is -0.367 e. The highest BCUT2D eigenvalue weighted by Crippen LogP contribution is 2.28. The van der Waals surface area contributed by atoms with Gasteiger partial charge in [-0.2, -0.15) is 0 Å². The molecule has 0 radical (unpaired) electrons. The van der Waals surface area contributed by atoms with E-state index in [4.69, 9.17) is 4.98 Å². The number of nitro groups is 1. The molecule has 0 atom stereocenters. The molecule has 0 unspecified atom stereocenters. The van der Waals surface area contributed by atoms with Crippen LogP contribution in [-0.4, -0.2) is 46.9 Å². The van der Waals surface area contributed by atoms with Crippen molar-refractivity contribution in [2.75, 3.05) is 31.1 Å². The van der Waals surface area contributed by atoms with Gasteiger partial charge in [0.1, 0.15) is 0 Å². The highest BCUT2D eigenvalue weighted by Gasteiger charge is 2.24. The number of carbonyl (C=O) groups excluding carboxylic acids is 1. The van der Waals surface area contributed by atoms with Crippen molar-refractivity contribution in [2.45, 2.75) is 13.3 Å². The molecule has 0 spiro atoms. The zero-order chi connectivity index (χ0) is 20.4. The third-order valence-electron chi connectivity index (χ3n) is 5.34. The number of anilines is 1. The monoisotopic (exact) mass is 390 g/mol. The Bertz CT molecular complexity index is 1060. The van der Waals surface area contributed by atoms with Gasteiger partial charge < -0.3 is 9.80 Å². The van der Waals surface area contributed by atoms with E-state index in [0.717, 1.165) is 41.8 Å². The number of piperazine rings is 1. The lowest BCUT2D eigenvalue weighted by atomic mass is 10.1. The Hall–Kier alpha value is -3.48. The van der Waals surface area contributed by atoms with Gasteiger partial charge in [0.25, 0.3) is 11.6 Å². The molecule has 4 rings (SSSR count). The number of non-ortho nitro benzene ring substituents is 1. The van der Waals surface area contributed by atoms with Crippen LogP contribution >= 0.6 is 0 Å². The van der Waals surface area contributed by atoms with Crippen molar-refractivity contribution >= 4 is 28.2 Å². The van der Waals surface area contributed by atoms with Gasteiger partial charge in [0.05, 0.1) is 10.4 Å². The maximum Gasteiger partial charge on any atom is 0.269 e. The van der Waals surface area contributed by atoms with E-state index in [1.165, 1.54) is 24.3 Å². The molecule has 0 N–H and O–H groups in total. The van der Waals surface area contributed by atoms with Gasteiger partial charge in [-0.1, -0.05) is 25.1 Å². The first-order chi connectivity index (χ1) is 14.1. The lowest BCUT2D eigenvalue weighted by Gasteiger charge is -2.36. The summed E-state index contributed by atoms with van der Waals surface area (Å²) in [7, 11) is 0. The van der Waals surface area contributed by atoms with Crippen molar-refractivity contribution in [1.29, 1.82) is 0 Å². The Balaban J connectivity index is 1.50. The van der Waals surface area contributed by atoms with Crippen LogP contribution in [0.2, 0.25) is 0 Å². The van der Waals surface area contributed by atoms with E-state index in [9.17, 15) is 14.9 Å². The molecule has 0 bridgehead atoms. The molecule has 1 fully saturated rings. The van der Waals surface area contributed by atoms with Gasteiger partial charge in [-0.3, -0.25) is 19.9 Å². The number of hydrogen-bond acceptors (Lipinski definition) is 5. The molecule has 1 aliphatic rings. The first kappa shape index (κ1) is 18.9. The van der Waals surface area contributed by atoms with Crippen LogP contribution in [0.1, 0.15) is 23.0 Å². The lowest BCUT2D eigenvalue weighted by molar-refractivity contribution is -0.384. The van der Waals surface area contributed by atoms with Gasteiger partial charge in [0, 0.05) is 60.6 Å². The zero-order valence-electron chi connectivity index (χ0n) is 16.2. The molecule has 7 nitrogen and oxygen atoms in total. The number of carbonyl (C=O) groups is 1. The number of aryl methyl sites for hydroxylation is 1. The van der Waals surface area contributed by atoms with Crippen LogP contribution in [-0.2, 0) is 6.42 Å². The fourth-order valence-electron chi connectivity index (χ4n) is 3.71. The Morgan fingerprint density at radius 2 is 1.76 bits per heavy atom. The normalized spacial score (nSPS) is 14.2. The summed E-state index contributed by atoms with van der Waals surface area (Å²) in [5.74, 6) is -0.0895. The molecule has 1 aliphatic heterocycles. The Kier molecular flexibility index (Phi) is 5.12. The smallest absolute Gasteiger partial charge is 0.269 e. The number of amides is 1. The van der Waals surface area contributed by atoms with Crippen LogP contribution < -0.4 is 4.90 Å². The summed E-state index contributed by atoms with van der Waals surface area (Å²) in [5.41, 5.74) is 3.68. The van der Waals surface area contributed by atoms with Crippen LogP contribution in [0.5, 0.6) is 0 Å². The number of fused-ring (bicyclic) bond motifs is 1. The molecule has 7 heteroatoms. The Labute approximate surface area is 168 Å². The van der Waals surface area contributed by atoms with E-state index in [0.29, 0.717) is 18.7 Å². The van der Waals surface area contributed by atoms with Crippen molar-refractivity contribution in [3.8, 4) is 0 Å². The number of pyridine rings is 1. The third-order valence-corrected chi connectivity index (χ3v) is 5.34. The average Bonchev–Trinajstić information content (AvgIpc) is 2.78. The largest absolute Gasteiger partial charge is 0.367 e. The molecule has 1 amide bonds. The fraction of sp³-hybridized carbons (Fsp3) is 0.273. The quantitative estimate of drug-likeness (QED) is 0.502. The summed E-state index contributed by atoms with van der Waals surface area (Å²) in [6, 6.07) is 16.1. The van der Waals surface area contributed by atoms with Crippen LogP contribution in [0.25, 0.3) is 10.9 Å². The van der Waals surface area contributed by atoms with Crippen molar-refractivity contribution < 1.29 is 9.72 Å². The predicted octanol–water partition coefficient (Wildman–Crippen LogP) is 3.67. The molecule has 0 saturated carbocycles. The van der Waals surface area contributed by atoms with E-state index in [2.05, 4.69) is 24.0 Å². The maximum atomic E-state index is 12.8. The lowest BCUT2D eigenvalue weighted by Crippen LogP contribution is -2.48. The second-order valence-electron chi connectivity index (χ2n) is 7.09.